The first kappa shape index (κ1) is 56.5. The number of phenolic OH excluding ortho intramolecular Hbond substituents is 1. The number of imidazole rings is 1. The number of nitrogens with zero attached hydrogens (tertiary/aromatic N) is 3. The number of carboxylic acid groups (broad SMARTS) is 2. The van der Waals surface area contributed by atoms with Crippen molar-refractivity contribution in [3.8, 4) is 5.75 Å². The molecule has 7 amide bonds. The van der Waals surface area contributed by atoms with E-state index in [-0.39, 0.29) is 81.3 Å². The molecule has 3 heterocycles. The molecule has 16 N–H and O–H groups in total. The van der Waals surface area contributed by atoms with Crippen LogP contribution in [-0.4, -0.2) is 162 Å². The predicted octanol–water partition coefficient (Wildman–Crippen LogP) is -2.23. The smallest absolute Gasteiger partial charge is 0.326 e. The number of carbonyl (C=O) groups is 9. The number of hydrogen-bond donors (Lipinski definition) is 13. The number of carbonyl (C=O) groups excluding carboxylic acids is 7. The molecule has 0 saturated carbocycles. The third kappa shape index (κ3) is 18.0. The maximum atomic E-state index is 14.5. The summed E-state index contributed by atoms with van der Waals surface area (Å²) in [6.45, 7) is 0.199. The van der Waals surface area contributed by atoms with E-state index in [2.05, 4.69) is 46.9 Å². The Morgan fingerprint density at radius 2 is 1.56 bits per heavy atom. The summed E-state index contributed by atoms with van der Waals surface area (Å²) in [7, 11) is 2.37. The maximum Gasteiger partial charge on any atom is 0.326 e. The zero-order chi connectivity index (χ0) is 53.0. The third-order valence-corrected chi connectivity index (χ3v) is 14.2. The van der Waals surface area contributed by atoms with Gasteiger partial charge in [0.15, 0.2) is 5.96 Å². The lowest BCUT2D eigenvalue weighted by molar-refractivity contribution is -0.145. The summed E-state index contributed by atoms with van der Waals surface area (Å²) in [4.78, 5) is 133. The van der Waals surface area contributed by atoms with Crippen LogP contribution in [0.5, 0.6) is 5.75 Å². The van der Waals surface area contributed by atoms with Gasteiger partial charge < -0.3 is 74.3 Å². The second kappa shape index (κ2) is 28.0. The van der Waals surface area contributed by atoms with Crippen LogP contribution < -0.4 is 49.1 Å². The second-order valence-corrected chi connectivity index (χ2v) is 19.9. The van der Waals surface area contributed by atoms with Gasteiger partial charge in [-0.25, -0.2) is 9.78 Å². The topological polar surface area (TPSA) is 409 Å². The van der Waals surface area contributed by atoms with Gasteiger partial charge in [-0.1, -0.05) is 64.1 Å². The molecule has 1 aromatic heterocycles. The highest BCUT2D eigenvalue weighted by Gasteiger charge is 2.40. The first-order valence-corrected chi connectivity index (χ1v) is 25.8. The molecule has 0 aliphatic carbocycles. The number of hydrogen-bond acceptors (Lipinski definition) is 15. The van der Waals surface area contributed by atoms with Gasteiger partial charge in [0.2, 0.25) is 41.4 Å². The molecule has 5 rings (SSSR count). The minimum atomic E-state index is -1.50. The molecule has 0 radical (unpaired) electrons. The normalized spacial score (nSPS) is 19.9. The summed E-state index contributed by atoms with van der Waals surface area (Å²) in [5, 5.41) is 44.9. The highest BCUT2D eigenvalue weighted by Crippen LogP contribution is 2.25. The van der Waals surface area contributed by atoms with E-state index in [1.54, 1.807) is 30.3 Å². The Hall–Kier alpha value is -7.39. The van der Waals surface area contributed by atoms with Gasteiger partial charge in [0.1, 0.15) is 48.0 Å². The van der Waals surface area contributed by atoms with Crippen LogP contribution in [0.1, 0.15) is 55.3 Å². The lowest BCUT2D eigenvalue weighted by atomic mass is 10.0. The van der Waals surface area contributed by atoms with Crippen LogP contribution in [0.25, 0.3) is 0 Å². The van der Waals surface area contributed by atoms with Gasteiger partial charge in [-0.05, 0) is 55.4 Å². The Bertz CT molecular complexity index is 2430. The number of nitrogens with two attached hydrogens (primary N) is 3. The van der Waals surface area contributed by atoms with Gasteiger partial charge >= 0.3 is 11.9 Å². The van der Waals surface area contributed by atoms with Crippen molar-refractivity contribution in [1.82, 2.24) is 46.8 Å². The van der Waals surface area contributed by atoms with E-state index in [0.717, 1.165) is 10.8 Å². The number of aromatic nitrogens is 2. The summed E-state index contributed by atoms with van der Waals surface area (Å²) >= 11 is 0. The van der Waals surface area contributed by atoms with Crippen molar-refractivity contribution < 1.29 is 58.5 Å². The van der Waals surface area contributed by atoms with E-state index in [0.29, 0.717) is 23.2 Å². The zero-order valence-electron chi connectivity index (χ0n) is 39.6. The van der Waals surface area contributed by atoms with Crippen LogP contribution in [0.3, 0.4) is 0 Å². The van der Waals surface area contributed by atoms with Gasteiger partial charge in [0.25, 0.3) is 0 Å². The fourth-order valence-corrected chi connectivity index (χ4v) is 10.2. The van der Waals surface area contributed by atoms with Crippen molar-refractivity contribution in [3.63, 3.8) is 0 Å². The average molecular weight is 1050 g/mol. The van der Waals surface area contributed by atoms with Crippen molar-refractivity contribution in [3.05, 3.63) is 83.9 Å². The molecular formula is C46H61N13O12S2. The molecule has 2 saturated heterocycles. The highest BCUT2D eigenvalue weighted by atomic mass is 33.1. The van der Waals surface area contributed by atoms with Crippen LogP contribution in [0, 0.1) is 0 Å². The number of amides is 7. The highest BCUT2D eigenvalue weighted by molar-refractivity contribution is 8.76. The van der Waals surface area contributed by atoms with Gasteiger partial charge in [-0.2, -0.15) is 0 Å². The SMILES string of the molecule is NC(N)=NCCC[C@H](NC(=O)[C@@H](N)CC(=O)O)C(=O)N[C@H]1CSSCC[C@@H](C(=O)N[C@@H](Cc2cnc[nH]2)C(=O)N2CCC[C@H]2C(=O)N[C@@H](Cc2ccccc2)C(=O)O)NC(=O)[C@H](Cc2ccc(O)cc2)NC1=O. The number of aliphatic imine (C=N–C) groups is 1. The molecule has 25 nitrogen and oxygen atoms in total. The van der Waals surface area contributed by atoms with Crippen molar-refractivity contribution in [2.75, 3.05) is 24.6 Å². The monoisotopic (exact) mass is 1050 g/mol. The number of aromatic amines is 1. The van der Waals surface area contributed by atoms with E-state index in [1.165, 1.54) is 52.5 Å². The minimum Gasteiger partial charge on any atom is -0.508 e. The van der Waals surface area contributed by atoms with E-state index >= 15 is 0 Å². The van der Waals surface area contributed by atoms with Crippen molar-refractivity contribution >= 4 is 80.8 Å². The molecule has 2 aliphatic rings. The Morgan fingerprint density at radius 3 is 2.23 bits per heavy atom. The molecule has 2 aromatic carbocycles. The lowest BCUT2D eigenvalue weighted by Crippen LogP contribution is -2.61. The van der Waals surface area contributed by atoms with Gasteiger partial charge in [-0.3, -0.25) is 43.3 Å². The molecule has 394 valence electrons. The Kier molecular flexibility index (Phi) is 21.7. The number of aliphatic carboxylic acids is 2. The largest absolute Gasteiger partial charge is 0.508 e. The summed E-state index contributed by atoms with van der Waals surface area (Å²) in [5.41, 5.74) is 18.2. The third-order valence-electron chi connectivity index (χ3n) is 11.7. The summed E-state index contributed by atoms with van der Waals surface area (Å²) in [5.74, 6) is -8.25. The minimum absolute atomic E-state index is 0.00132. The fraction of sp³-hybridized carbons (Fsp3) is 0.457. The quantitative estimate of drug-likeness (QED) is 0.0219. The Morgan fingerprint density at radius 1 is 0.836 bits per heavy atom. The van der Waals surface area contributed by atoms with E-state index in [9.17, 15) is 53.4 Å². The molecule has 0 bridgehead atoms. The molecule has 8 atom stereocenters. The van der Waals surface area contributed by atoms with E-state index in [4.69, 9.17) is 22.3 Å². The molecule has 27 heteroatoms. The molecular weight excluding hydrogens is 991 g/mol. The second-order valence-electron chi connectivity index (χ2n) is 17.3. The van der Waals surface area contributed by atoms with Crippen molar-refractivity contribution in [1.29, 1.82) is 0 Å². The Labute approximate surface area is 427 Å². The van der Waals surface area contributed by atoms with Crippen LogP contribution in [0.4, 0.5) is 0 Å². The lowest BCUT2D eigenvalue weighted by Gasteiger charge is -2.31. The molecule has 0 spiro atoms. The number of benzene rings is 2. The Balaban J connectivity index is 1.35. The van der Waals surface area contributed by atoms with Gasteiger partial charge in [-0.15, -0.1) is 0 Å². The van der Waals surface area contributed by atoms with Crippen LogP contribution in [0.15, 0.2) is 72.1 Å². The number of guanidine groups is 1. The van der Waals surface area contributed by atoms with Crippen LogP contribution in [-0.2, 0) is 62.4 Å². The van der Waals surface area contributed by atoms with E-state index < -0.39 is 108 Å². The summed E-state index contributed by atoms with van der Waals surface area (Å²) in [6.07, 6.45) is 2.64. The van der Waals surface area contributed by atoms with Crippen molar-refractivity contribution in [2.24, 2.45) is 22.2 Å². The summed E-state index contributed by atoms with van der Waals surface area (Å²) in [6, 6.07) is 4.09. The summed E-state index contributed by atoms with van der Waals surface area (Å²) < 4.78 is 0. The average Bonchev–Trinajstić information content (AvgIpc) is 4.07. The number of phenols is 1. The molecule has 73 heavy (non-hydrogen) atoms. The van der Waals surface area contributed by atoms with E-state index in [1.807, 2.05) is 0 Å². The van der Waals surface area contributed by atoms with Crippen molar-refractivity contribution in [2.45, 2.75) is 106 Å². The first-order chi connectivity index (χ1) is 34.9. The number of aromatic hydroxyl groups is 1. The van der Waals surface area contributed by atoms with Gasteiger partial charge in [0.05, 0.1) is 18.8 Å². The van der Waals surface area contributed by atoms with Crippen LogP contribution >= 0.6 is 21.6 Å². The van der Waals surface area contributed by atoms with Gasteiger partial charge in [0, 0.05) is 55.7 Å². The number of carboxylic acids is 2. The maximum absolute atomic E-state index is 14.5. The molecule has 3 aromatic rings. The fourth-order valence-electron chi connectivity index (χ4n) is 7.93. The standard InChI is InChI=1S/C46H61N13O12S2/c47-29(21-37(61)62)38(63)53-30(8-4-15-51-46(48)49)39(64)58-35-23-73-72-17-14-31(54-41(66)32(55-42(35)67)18-26-10-12-28(60)13-11-26)40(65)56-33(20-27-22-50-24-52-27)44(69)59-16-5-9-36(59)43(68)57-34(45(70)71)19-25-6-2-1-3-7-25/h1-3,6-7,10-13,22,24,29-36,60H,4-5,8-9,14-21,23,47H2,(H,50,52)(H,53,63)(H,54,66)(H,55,67)(H,56,65)(H,57,68)(H,58,64)(H,61,62)(H,70,71)(H4,48,49,51)/t29-,30-,31-,32-,33-,34-,35-,36-/m0/s1. The number of nitrogens with one attached hydrogen (secondary N) is 7. The number of likely N-dealkylation sites (tertiary alicyclic amines) is 1. The first-order valence-electron chi connectivity index (χ1n) is 23.3. The molecule has 2 fully saturated rings. The zero-order valence-corrected chi connectivity index (χ0v) is 41.2. The van der Waals surface area contributed by atoms with Crippen LogP contribution in [0.2, 0.25) is 0 Å². The molecule has 2 aliphatic heterocycles. The molecule has 0 unspecified atom stereocenters. The number of rotatable bonds is 22. The predicted molar refractivity (Wildman–Crippen MR) is 268 cm³/mol. The number of H-pyrrole nitrogens is 1.